The third-order valence-electron chi connectivity index (χ3n) is 1.33. The summed E-state index contributed by atoms with van der Waals surface area (Å²) in [6, 6.07) is 0. The molecular formula is C6H6F6N2O2. The Morgan fingerprint density at radius 3 is 1.44 bits per heavy atom. The molecule has 0 saturated carbocycles. The van der Waals surface area contributed by atoms with Crippen LogP contribution in [-0.4, -0.2) is 42.2 Å². The van der Waals surface area contributed by atoms with Crippen LogP contribution in [0.4, 0.5) is 26.3 Å². The fourth-order valence-corrected chi connectivity index (χ4v) is 0.730. The second-order valence-electron chi connectivity index (χ2n) is 2.55. The van der Waals surface area contributed by atoms with E-state index in [4.69, 9.17) is 5.73 Å². The van der Waals surface area contributed by atoms with E-state index in [1.165, 1.54) is 0 Å². The summed E-state index contributed by atoms with van der Waals surface area (Å²) < 4.78 is 70.9. The number of carbonyl (C=O) groups is 2. The van der Waals surface area contributed by atoms with Crippen LogP contribution < -0.4 is 5.73 Å². The van der Waals surface area contributed by atoms with Gasteiger partial charge in [-0.1, -0.05) is 0 Å². The summed E-state index contributed by atoms with van der Waals surface area (Å²) in [5.41, 5.74) is 4.71. The zero-order chi connectivity index (χ0) is 13.1. The quantitative estimate of drug-likeness (QED) is 0.724. The monoisotopic (exact) mass is 252 g/mol. The van der Waals surface area contributed by atoms with Gasteiger partial charge in [-0.15, -0.1) is 0 Å². The van der Waals surface area contributed by atoms with Crippen molar-refractivity contribution in [2.75, 3.05) is 13.1 Å². The van der Waals surface area contributed by atoms with Crippen molar-refractivity contribution in [1.82, 2.24) is 4.90 Å². The molecule has 0 aromatic carbocycles. The van der Waals surface area contributed by atoms with Crippen LogP contribution >= 0.6 is 0 Å². The van der Waals surface area contributed by atoms with Gasteiger partial charge in [0.1, 0.15) is 0 Å². The molecule has 0 spiro atoms. The SMILES string of the molecule is NCCN(C(=O)C(F)(F)F)C(=O)C(F)(F)F. The molecule has 0 atom stereocenters. The highest BCUT2D eigenvalue weighted by Gasteiger charge is 2.51. The summed E-state index contributed by atoms with van der Waals surface area (Å²) >= 11 is 0. The Morgan fingerprint density at radius 2 is 1.25 bits per heavy atom. The van der Waals surface area contributed by atoms with E-state index < -0.39 is 42.2 Å². The van der Waals surface area contributed by atoms with Gasteiger partial charge in [-0.3, -0.25) is 14.5 Å². The first-order valence-electron chi connectivity index (χ1n) is 3.71. The minimum atomic E-state index is -5.56. The number of carbonyl (C=O) groups excluding carboxylic acids is 2. The second kappa shape index (κ2) is 4.68. The Morgan fingerprint density at radius 1 is 0.938 bits per heavy atom. The normalized spacial score (nSPS) is 12.4. The first-order chi connectivity index (χ1) is 7.01. The molecule has 0 radical (unpaired) electrons. The number of halogens is 6. The number of alkyl halides is 6. The molecule has 4 nitrogen and oxygen atoms in total. The molecule has 0 saturated heterocycles. The maximum absolute atomic E-state index is 11.8. The molecule has 0 aromatic heterocycles. The minimum absolute atomic E-state index is 0.705. The van der Waals surface area contributed by atoms with Crippen molar-refractivity contribution in [3.05, 3.63) is 0 Å². The molecule has 2 N–H and O–H groups in total. The molecule has 10 heteroatoms. The van der Waals surface area contributed by atoms with Crippen molar-refractivity contribution >= 4 is 11.8 Å². The van der Waals surface area contributed by atoms with Gasteiger partial charge in [0.15, 0.2) is 0 Å². The van der Waals surface area contributed by atoms with E-state index in [0.717, 1.165) is 0 Å². The third-order valence-corrected chi connectivity index (χ3v) is 1.33. The van der Waals surface area contributed by atoms with Gasteiger partial charge < -0.3 is 5.73 Å². The number of hydrogen-bond acceptors (Lipinski definition) is 3. The molecule has 0 bridgehead atoms. The van der Waals surface area contributed by atoms with Crippen LogP contribution in [0.1, 0.15) is 0 Å². The lowest BCUT2D eigenvalue weighted by atomic mass is 10.4. The smallest absolute Gasteiger partial charge is 0.329 e. The maximum atomic E-state index is 11.8. The molecule has 2 amide bonds. The average Bonchev–Trinajstić information content (AvgIpc) is 2.09. The van der Waals surface area contributed by atoms with Gasteiger partial charge in [0.05, 0.1) is 0 Å². The summed E-state index contributed by atoms with van der Waals surface area (Å²) in [6.45, 7) is -1.86. The highest BCUT2D eigenvalue weighted by molar-refractivity contribution is 6.00. The zero-order valence-corrected chi connectivity index (χ0v) is 7.52. The van der Waals surface area contributed by atoms with Crippen LogP contribution in [0, 0.1) is 0 Å². The lowest BCUT2D eigenvalue weighted by molar-refractivity contribution is -0.203. The second-order valence-corrected chi connectivity index (χ2v) is 2.55. The molecule has 0 aliphatic rings. The third kappa shape index (κ3) is 3.68. The fourth-order valence-electron chi connectivity index (χ4n) is 0.730. The van der Waals surface area contributed by atoms with Crippen LogP contribution in [0.15, 0.2) is 0 Å². The van der Waals surface area contributed by atoms with Crippen LogP contribution in [-0.2, 0) is 9.59 Å². The number of nitrogens with two attached hydrogens (primary N) is 1. The lowest BCUT2D eigenvalue weighted by Crippen LogP contribution is -2.51. The van der Waals surface area contributed by atoms with Crippen molar-refractivity contribution in [3.8, 4) is 0 Å². The van der Waals surface area contributed by atoms with E-state index in [9.17, 15) is 35.9 Å². The topological polar surface area (TPSA) is 63.4 Å². The first kappa shape index (κ1) is 14.7. The lowest BCUT2D eigenvalue weighted by Gasteiger charge is -2.21. The summed E-state index contributed by atoms with van der Waals surface area (Å²) in [5.74, 6) is -5.78. The molecule has 0 unspecified atom stereocenters. The molecule has 0 aliphatic carbocycles. The van der Waals surface area contributed by atoms with Gasteiger partial charge in [0.2, 0.25) is 0 Å². The molecule has 16 heavy (non-hydrogen) atoms. The Labute approximate surface area is 85.0 Å². The Hall–Kier alpha value is -1.32. The van der Waals surface area contributed by atoms with Gasteiger partial charge in [-0.05, 0) is 0 Å². The fraction of sp³-hybridized carbons (Fsp3) is 0.667. The maximum Gasteiger partial charge on any atom is 0.471 e. The van der Waals surface area contributed by atoms with E-state index in [1.807, 2.05) is 0 Å². The summed E-state index contributed by atoms with van der Waals surface area (Å²) in [4.78, 5) is 20.0. The Balaban J connectivity index is 5.03. The number of amides is 2. The van der Waals surface area contributed by atoms with Gasteiger partial charge in [0.25, 0.3) is 0 Å². The number of rotatable bonds is 2. The summed E-state index contributed by atoms with van der Waals surface area (Å²) in [5, 5.41) is 0. The van der Waals surface area contributed by atoms with E-state index in [0.29, 0.717) is 0 Å². The van der Waals surface area contributed by atoms with Gasteiger partial charge in [0, 0.05) is 13.1 Å². The van der Waals surface area contributed by atoms with Crippen molar-refractivity contribution < 1.29 is 35.9 Å². The van der Waals surface area contributed by atoms with Crippen molar-refractivity contribution in [3.63, 3.8) is 0 Å². The van der Waals surface area contributed by atoms with E-state index in [-0.39, 0.29) is 0 Å². The predicted octanol–water partition coefficient (Wildman–Crippen LogP) is 0.425. The van der Waals surface area contributed by atoms with Crippen molar-refractivity contribution in [2.45, 2.75) is 12.4 Å². The summed E-state index contributed by atoms with van der Waals surface area (Å²) in [7, 11) is 0. The van der Waals surface area contributed by atoms with Crippen LogP contribution in [0.25, 0.3) is 0 Å². The Bertz CT molecular complexity index is 258. The van der Waals surface area contributed by atoms with Gasteiger partial charge >= 0.3 is 24.2 Å². The molecule has 0 aliphatic heterocycles. The summed E-state index contributed by atoms with van der Waals surface area (Å²) in [6.07, 6.45) is -11.1. The Kier molecular flexibility index (Phi) is 4.29. The van der Waals surface area contributed by atoms with Crippen molar-refractivity contribution in [1.29, 1.82) is 0 Å². The van der Waals surface area contributed by atoms with Crippen LogP contribution in [0.5, 0.6) is 0 Å². The van der Waals surface area contributed by atoms with Gasteiger partial charge in [-0.25, -0.2) is 0 Å². The zero-order valence-electron chi connectivity index (χ0n) is 7.52. The number of nitrogens with zero attached hydrogens (tertiary/aromatic N) is 1. The first-order valence-corrected chi connectivity index (χ1v) is 3.71. The number of imide groups is 1. The predicted molar refractivity (Wildman–Crippen MR) is 37.9 cm³/mol. The molecule has 0 aromatic rings. The highest BCUT2D eigenvalue weighted by Crippen LogP contribution is 2.23. The molecule has 0 fully saturated rings. The highest BCUT2D eigenvalue weighted by atomic mass is 19.4. The molecule has 0 rings (SSSR count). The minimum Gasteiger partial charge on any atom is -0.329 e. The average molecular weight is 252 g/mol. The number of hydrogen-bond donors (Lipinski definition) is 1. The van der Waals surface area contributed by atoms with E-state index >= 15 is 0 Å². The van der Waals surface area contributed by atoms with Crippen molar-refractivity contribution in [2.24, 2.45) is 5.73 Å². The molecule has 94 valence electrons. The van der Waals surface area contributed by atoms with E-state index in [2.05, 4.69) is 0 Å². The van der Waals surface area contributed by atoms with E-state index in [1.54, 1.807) is 0 Å². The molecular weight excluding hydrogens is 246 g/mol. The van der Waals surface area contributed by atoms with Crippen LogP contribution in [0.2, 0.25) is 0 Å². The standard InChI is InChI=1S/C6H6F6N2O2/c7-5(8,9)3(15)14(2-1-13)4(16)6(10,11)12/h1-2,13H2. The van der Waals surface area contributed by atoms with Gasteiger partial charge in [-0.2, -0.15) is 26.3 Å². The van der Waals surface area contributed by atoms with Crippen LogP contribution in [0.3, 0.4) is 0 Å². The molecule has 0 heterocycles. The largest absolute Gasteiger partial charge is 0.471 e.